The lowest BCUT2D eigenvalue weighted by molar-refractivity contribution is -0.141. The first-order valence-corrected chi connectivity index (χ1v) is 8.18. The smallest absolute Gasteiger partial charge is 0.228 e. The summed E-state index contributed by atoms with van der Waals surface area (Å²) < 4.78 is 5.30. The van der Waals surface area contributed by atoms with Crippen molar-refractivity contribution in [1.29, 1.82) is 0 Å². The molecule has 2 aliphatic rings. The van der Waals surface area contributed by atoms with Crippen molar-refractivity contribution in [3.63, 3.8) is 0 Å². The summed E-state index contributed by atoms with van der Waals surface area (Å²) in [4.78, 5) is 15.1. The summed E-state index contributed by atoms with van der Waals surface area (Å²) in [5, 5.41) is 3.32. The molecular formula is C18H27ClN2O2. The number of likely N-dealkylation sites (N-methyl/N-ethyl adjacent to an activating group) is 1. The van der Waals surface area contributed by atoms with Crippen LogP contribution in [0.3, 0.4) is 0 Å². The molecule has 128 valence electrons. The Morgan fingerprint density at radius 1 is 1.30 bits per heavy atom. The van der Waals surface area contributed by atoms with Crippen LogP contribution in [-0.4, -0.2) is 50.7 Å². The zero-order valence-electron chi connectivity index (χ0n) is 14.0. The summed E-state index contributed by atoms with van der Waals surface area (Å²) in [5.41, 5.74) is 1.03. The van der Waals surface area contributed by atoms with Crippen molar-refractivity contribution in [3.8, 4) is 0 Å². The number of carbonyl (C=O) groups excluding carboxylic acids is 1. The highest BCUT2D eigenvalue weighted by atomic mass is 35.5. The second-order valence-corrected chi connectivity index (χ2v) is 6.89. The number of ether oxygens (including phenoxy) is 1. The van der Waals surface area contributed by atoms with Gasteiger partial charge in [0.2, 0.25) is 5.91 Å². The molecule has 1 aliphatic carbocycles. The van der Waals surface area contributed by atoms with Crippen LogP contribution in [0.5, 0.6) is 0 Å². The largest absolute Gasteiger partial charge is 0.384 e. The van der Waals surface area contributed by atoms with Gasteiger partial charge in [0.25, 0.3) is 0 Å². The third-order valence-corrected chi connectivity index (χ3v) is 5.26. The second kappa shape index (κ2) is 7.65. The Kier molecular flexibility index (Phi) is 6.06. The maximum absolute atomic E-state index is 12.8. The molecule has 1 saturated heterocycles. The Labute approximate surface area is 145 Å². The van der Waals surface area contributed by atoms with Crippen LogP contribution in [0, 0.1) is 5.41 Å². The summed E-state index contributed by atoms with van der Waals surface area (Å²) in [6.45, 7) is 2.44. The molecule has 0 bridgehead atoms. The van der Waals surface area contributed by atoms with Crippen LogP contribution >= 0.6 is 12.4 Å². The van der Waals surface area contributed by atoms with Crippen molar-refractivity contribution in [3.05, 3.63) is 35.9 Å². The van der Waals surface area contributed by atoms with E-state index in [-0.39, 0.29) is 29.8 Å². The fourth-order valence-electron chi connectivity index (χ4n) is 3.82. The molecule has 0 spiro atoms. The van der Waals surface area contributed by atoms with E-state index in [9.17, 15) is 4.79 Å². The van der Waals surface area contributed by atoms with Crippen molar-refractivity contribution >= 4 is 18.3 Å². The van der Waals surface area contributed by atoms with Gasteiger partial charge in [-0.15, -0.1) is 12.4 Å². The number of halogens is 1. The monoisotopic (exact) mass is 338 g/mol. The molecule has 1 amide bonds. The number of hydrogen-bond donors (Lipinski definition) is 1. The zero-order valence-corrected chi connectivity index (χ0v) is 14.8. The number of hydrogen-bond acceptors (Lipinski definition) is 3. The minimum atomic E-state index is -0.281. The molecular weight excluding hydrogens is 312 g/mol. The lowest BCUT2D eigenvalue weighted by Gasteiger charge is -2.40. The molecule has 0 radical (unpaired) electrons. The molecule has 23 heavy (non-hydrogen) atoms. The molecule has 1 N–H and O–H groups in total. The Hall–Kier alpha value is -1.10. The van der Waals surface area contributed by atoms with Crippen LogP contribution < -0.4 is 5.32 Å². The number of rotatable bonds is 5. The van der Waals surface area contributed by atoms with Gasteiger partial charge in [0, 0.05) is 32.2 Å². The molecule has 1 heterocycles. The van der Waals surface area contributed by atoms with Crippen LogP contribution in [0.1, 0.15) is 30.7 Å². The molecule has 0 aromatic heterocycles. The van der Waals surface area contributed by atoms with E-state index in [0.29, 0.717) is 12.5 Å². The van der Waals surface area contributed by atoms with Gasteiger partial charge in [-0.2, -0.15) is 0 Å². The van der Waals surface area contributed by atoms with Gasteiger partial charge in [-0.3, -0.25) is 4.79 Å². The third-order valence-electron chi connectivity index (χ3n) is 5.26. The van der Waals surface area contributed by atoms with Gasteiger partial charge in [0.05, 0.1) is 12.0 Å². The number of nitrogens with one attached hydrogen (secondary N) is 1. The van der Waals surface area contributed by atoms with E-state index in [0.717, 1.165) is 32.4 Å². The van der Waals surface area contributed by atoms with Gasteiger partial charge in [-0.25, -0.2) is 0 Å². The van der Waals surface area contributed by atoms with Crippen molar-refractivity contribution < 1.29 is 9.53 Å². The van der Waals surface area contributed by atoms with Gasteiger partial charge in [0.15, 0.2) is 0 Å². The number of nitrogens with zero attached hydrogens (tertiary/aromatic N) is 1. The minimum absolute atomic E-state index is 0. The summed E-state index contributed by atoms with van der Waals surface area (Å²) in [7, 11) is 3.81. The maximum atomic E-state index is 12.8. The fourth-order valence-corrected chi connectivity index (χ4v) is 3.82. The topological polar surface area (TPSA) is 41.6 Å². The normalized spacial score (nSPS) is 26.2. The van der Waals surface area contributed by atoms with Crippen molar-refractivity contribution in [2.45, 2.75) is 31.2 Å². The predicted molar refractivity (Wildman–Crippen MR) is 94.0 cm³/mol. The number of likely N-dealkylation sites (tertiary alicyclic amines) is 1. The van der Waals surface area contributed by atoms with Crippen molar-refractivity contribution in [1.82, 2.24) is 10.2 Å². The van der Waals surface area contributed by atoms with Gasteiger partial charge in [-0.1, -0.05) is 36.8 Å². The van der Waals surface area contributed by atoms with Crippen LogP contribution in [0.4, 0.5) is 0 Å². The number of benzene rings is 1. The Balaban J connectivity index is 0.00000192. The van der Waals surface area contributed by atoms with Crippen LogP contribution in [0.2, 0.25) is 0 Å². The fraction of sp³-hybridized carbons (Fsp3) is 0.611. The molecule has 3 rings (SSSR count). The highest BCUT2D eigenvalue weighted by Crippen LogP contribution is 2.42. The quantitative estimate of drug-likeness (QED) is 0.896. The number of carbonyl (C=O) groups is 1. The van der Waals surface area contributed by atoms with E-state index in [4.69, 9.17) is 4.74 Å². The average Bonchev–Trinajstić information content (AvgIpc) is 2.84. The second-order valence-electron chi connectivity index (χ2n) is 6.89. The lowest BCUT2D eigenvalue weighted by atomic mass is 9.68. The predicted octanol–water partition coefficient (Wildman–Crippen LogP) is 2.44. The van der Waals surface area contributed by atoms with Crippen LogP contribution in [0.25, 0.3) is 0 Å². The van der Waals surface area contributed by atoms with E-state index in [2.05, 4.69) is 41.5 Å². The first-order valence-electron chi connectivity index (χ1n) is 8.18. The molecule has 2 atom stereocenters. The number of methoxy groups -OCH3 is 1. The molecule has 5 heteroatoms. The Morgan fingerprint density at radius 3 is 2.57 bits per heavy atom. The minimum Gasteiger partial charge on any atom is -0.384 e. The Morgan fingerprint density at radius 2 is 2.00 bits per heavy atom. The Bertz CT molecular complexity index is 519. The standard InChI is InChI=1S/C18H26N2O2.ClH/c1-20-11-15(14-7-4-3-5-8-14)16(12-20)19-17(21)18(13-22-2)9-6-10-18;/h3-5,7-8,15-16H,6,9-13H2,1-2H3,(H,19,21);1H/t15-,16+;/m1./s1. The zero-order chi connectivity index (χ0) is 15.6. The van der Waals surface area contributed by atoms with Crippen molar-refractivity contribution in [2.75, 3.05) is 33.9 Å². The summed E-state index contributed by atoms with van der Waals surface area (Å²) in [6.07, 6.45) is 3.03. The summed E-state index contributed by atoms with van der Waals surface area (Å²) in [6, 6.07) is 10.7. The molecule has 0 unspecified atom stereocenters. The van der Waals surface area contributed by atoms with E-state index in [1.165, 1.54) is 5.56 Å². The molecule has 1 saturated carbocycles. The highest BCUT2D eigenvalue weighted by molar-refractivity contribution is 5.85. The number of amides is 1. The van der Waals surface area contributed by atoms with E-state index in [1.54, 1.807) is 7.11 Å². The van der Waals surface area contributed by atoms with E-state index in [1.807, 2.05) is 6.07 Å². The first kappa shape index (κ1) is 18.2. The van der Waals surface area contributed by atoms with Gasteiger partial charge >= 0.3 is 0 Å². The molecule has 1 aromatic rings. The maximum Gasteiger partial charge on any atom is 0.228 e. The first-order chi connectivity index (χ1) is 10.6. The van der Waals surface area contributed by atoms with Gasteiger partial charge in [-0.05, 0) is 25.5 Å². The average molecular weight is 339 g/mol. The summed E-state index contributed by atoms with van der Waals surface area (Å²) >= 11 is 0. The molecule has 1 aliphatic heterocycles. The van der Waals surface area contributed by atoms with Crippen LogP contribution in [-0.2, 0) is 9.53 Å². The van der Waals surface area contributed by atoms with E-state index >= 15 is 0 Å². The molecule has 4 nitrogen and oxygen atoms in total. The summed E-state index contributed by atoms with van der Waals surface area (Å²) in [5.74, 6) is 0.552. The van der Waals surface area contributed by atoms with E-state index < -0.39 is 0 Å². The lowest BCUT2D eigenvalue weighted by Crippen LogP contribution is -2.52. The highest BCUT2D eigenvalue weighted by Gasteiger charge is 2.46. The molecule has 2 fully saturated rings. The van der Waals surface area contributed by atoms with Crippen molar-refractivity contribution in [2.24, 2.45) is 5.41 Å². The van der Waals surface area contributed by atoms with Crippen LogP contribution in [0.15, 0.2) is 30.3 Å². The third kappa shape index (κ3) is 3.70. The van der Waals surface area contributed by atoms with Gasteiger partial charge < -0.3 is 15.0 Å². The van der Waals surface area contributed by atoms with Gasteiger partial charge in [0.1, 0.15) is 0 Å². The molecule has 1 aromatic carbocycles. The SMILES string of the molecule is COCC1(C(=O)N[C@H]2CN(C)C[C@@H]2c2ccccc2)CCC1.Cl.